The molecule has 0 aliphatic carbocycles. The van der Waals surface area contributed by atoms with E-state index in [1.165, 1.54) is 0 Å². The monoisotopic (exact) mass is 274 g/mol. The average Bonchev–Trinajstić information content (AvgIpc) is 2.82. The lowest BCUT2D eigenvalue weighted by Crippen LogP contribution is -2.21. The highest BCUT2D eigenvalue weighted by atomic mass is 16.5. The Bertz CT molecular complexity index is 549. The number of furan rings is 1. The Morgan fingerprint density at radius 2 is 2.10 bits per heavy atom. The maximum Gasteiger partial charge on any atom is 0.138 e. The van der Waals surface area contributed by atoms with Gasteiger partial charge in [0.15, 0.2) is 0 Å². The quantitative estimate of drug-likeness (QED) is 0.876. The van der Waals surface area contributed by atoms with Crippen molar-refractivity contribution in [1.82, 2.24) is 10.3 Å². The van der Waals surface area contributed by atoms with E-state index in [4.69, 9.17) is 9.15 Å². The second kappa shape index (κ2) is 6.57. The Kier molecular flexibility index (Phi) is 4.79. The van der Waals surface area contributed by atoms with Gasteiger partial charge in [0.2, 0.25) is 0 Å². The molecular weight excluding hydrogens is 252 g/mol. The molecular formula is C16H22N2O2. The summed E-state index contributed by atoms with van der Waals surface area (Å²) in [5, 5.41) is 3.42. The van der Waals surface area contributed by atoms with Crippen LogP contribution in [0.2, 0.25) is 0 Å². The first-order chi connectivity index (χ1) is 9.60. The van der Waals surface area contributed by atoms with Crippen LogP contribution in [0, 0.1) is 6.92 Å². The molecule has 0 amide bonds. The minimum absolute atomic E-state index is 0.00286. The van der Waals surface area contributed by atoms with Crippen molar-refractivity contribution in [2.75, 3.05) is 6.54 Å². The lowest BCUT2D eigenvalue weighted by atomic mass is 10.1. The maximum atomic E-state index is 5.74. The number of aromatic nitrogens is 1. The van der Waals surface area contributed by atoms with Gasteiger partial charge in [-0.05, 0) is 51.1 Å². The third-order valence-electron chi connectivity index (χ3n) is 2.89. The van der Waals surface area contributed by atoms with Crippen LogP contribution >= 0.6 is 0 Å². The third-order valence-corrected chi connectivity index (χ3v) is 2.89. The molecule has 1 atom stereocenters. The lowest BCUT2D eigenvalue weighted by molar-refractivity contribution is 0.241. The molecule has 1 N–H and O–H groups in total. The number of hydrogen-bond donors (Lipinski definition) is 1. The van der Waals surface area contributed by atoms with Crippen LogP contribution in [0.1, 0.15) is 43.9 Å². The fraction of sp³-hybridized carbons (Fsp3) is 0.438. The van der Waals surface area contributed by atoms with Gasteiger partial charge in [0.25, 0.3) is 0 Å². The fourth-order valence-electron chi connectivity index (χ4n) is 2.13. The van der Waals surface area contributed by atoms with Gasteiger partial charge in [0.05, 0.1) is 18.3 Å². The van der Waals surface area contributed by atoms with E-state index in [-0.39, 0.29) is 12.1 Å². The molecule has 0 saturated heterocycles. The van der Waals surface area contributed by atoms with Crippen molar-refractivity contribution >= 4 is 0 Å². The molecule has 4 heteroatoms. The highest BCUT2D eigenvalue weighted by molar-refractivity contribution is 5.31. The molecule has 20 heavy (non-hydrogen) atoms. The van der Waals surface area contributed by atoms with E-state index in [2.05, 4.69) is 17.2 Å². The van der Waals surface area contributed by atoms with Crippen LogP contribution in [-0.4, -0.2) is 17.6 Å². The Hall–Kier alpha value is -1.81. The fourth-order valence-corrected chi connectivity index (χ4v) is 2.13. The molecule has 2 heterocycles. The SMILES string of the molecule is CCNC(c1cncc(OC(C)C)c1)c1ccc(C)o1. The molecule has 0 fully saturated rings. The van der Waals surface area contributed by atoms with Crippen molar-refractivity contribution < 1.29 is 9.15 Å². The van der Waals surface area contributed by atoms with Crippen LogP contribution in [-0.2, 0) is 0 Å². The first kappa shape index (κ1) is 14.6. The summed E-state index contributed by atoms with van der Waals surface area (Å²) in [6.45, 7) is 8.88. The highest BCUT2D eigenvalue weighted by Crippen LogP contribution is 2.26. The first-order valence-electron chi connectivity index (χ1n) is 7.01. The molecule has 0 radical (unpaired) electrons. The predicted octanol–water partition coefficient (Wildman–Crippen LogP) is 3.47. The molecule has 0 aliphatic heterocycles. The number of rotatable bonds is 6. The van der Waals surface area contributed by atoms with E-state index in [1.807, 2.05) is 45.2 Å². The Morgan fingerprint density at radius 3 is 2.70 bits per heavy atom. The van der Waals surface area contributed by atoms with E-state index >= 15 is 0 Å². The Balaban J connectivity index is 2.29. The minimum atomic E-state index is -0.00286. The van der Waals surface area contributed by atoms with E-state index in [1.54, 1.807) is 6.20 Å². The number of hydrogen-bond acceptors (Lipinski definition) is 4. The van der Waals surface area contributed by atoms with Crippen molar-refractivity contribution in [3.05, 3.63) is 47.7 Å². The van der Waals surface area contributed by atoms with Gasteiger partial charge in [-0.25, -0.2) is 0 Å². The van der Waals surface area contributed by atoms with Crippen LogP contribution in [0.25, 0.3) is 0 Å². The standard InChI is InChI=1S/C16H22N2O2/c1-5-18-16(15-7-6-12(4)20-15)13-8-14(10-17-9-13)19-11(2)3/h6-11,16,18H,5H2,1-4H3. The van der Waals surface area contributed by atoms with Crippen molar-refractivity contribution in [3.63, 3.8) is 0 Å². The third kappa shape index (κ3) is 3.61. The van der Waals surface area contributed by atoms with Crippen molar-refractivity contribution in [1.29, 1.82) is 0 Å². The summed E-state index contributed by atoms with van der Waals surface area (Å²) in [6, 6.07) is 5.98. The Morgan fingerprint density at radius 1 is 1.30 bits per heavy atom. The largest absolute Gasteiger partial charge is 0.489 e. The second-order valence-electron chi connectivity index (χ2n) is 5.06. The van der Waals surface area contributed by atoms with Gasteiger partial charge in [-0.2, -0.15) is 0 Å². The maximum absolute atomic E-state index is 5.74. The van der Waals surface area contributed by atoms with Gasteiger partial charge in [0, 0.05) is 6.20 Å². The average molecular weight is 274 g/mol. The van der Waals surface area contributed by atoms with Gasteiger partial charge in [-0.15, -0.1) is 0 Å². The zero-order chi connectivity index (χ0) is 14.5. The summed E-state index contributed by atoms with van der Waals surface area (Å²) < 4.78 is 11.4. The van der Waals surface area contributed by atoms with Crippen LogP contribution in [0.5, 0.6) is 5.75 Å². The van der Waals surface area contributed by atoms with E-state index in [9.17, 15) is 0 Å². The number of ether oxygens (including phenoxy) is 1. The molecule has 0 spiro atoms. The van der Waals surface area contributed by atoms with Crippen LogP contribution in [0.4, 0.5) is 0 Å². The van der Waals surface area contributed by atoms with Gasteiger partial charge in [-0.3, -0.25) is 4.98 Å². The first-order valence-corrected chi connectivity index (χ1v) is 7.01. The topological polar surface area (TPSA) is 47.3 Å². The predicted molar refractivity (Wildman–Crippen MR) is 79.0 cm³/mol. The molecule has 2 aromatic heterocycles. The number of pyridine rings is 1. The van der Waals surface area contributed by atoms with Crippen LogP contribution in [0.3, 0.4) is 0 Å². The summed E-state index contributed by atoms with van der Waals surface area (Å²) in [5.74, 6) is 2.59. The van der Waals surface area contributed by atoms with Gasteiger partial charge < -0.3 is 14.5 Å². The van der Waals surface area contributed by atoms with Gasteiger partial charge >= 0.3 is 0 Å². The summed E-state index contributed by atoms with van der Waals surface area (Å²) in [5.41, 5.74) is 1.04. The molecule has 2 aromatic rings. The summed E-state index contributed by atoms with van der Waals surface area (Å²) >= 11 is 0. The Labute approximate surface area is 120 Å². The second-order valence-corrected chi connectivity index (χ2v) is 5.06. The smallest absolute Gasteiger partial charge is 0.138 e. The number of nitrogens with one attached hydrogen (secondary N) is 1. The van der Waals surface area contributed by atoms with E-state index in [0.29, 0.717) is 0 Å². The zero-order valence-corrected chi connectivity index (χ0v) is 12.5. The molecule has 2 rings (SSSR count). The van der Waals surface area contributed by atoms with Crippen LogP contribution in [0.15, 0.2) is 35.0 Å². The molecule has 0 aromatic carbocycles. The molecule has 4 nitrogen and oxygen atoms in total. The van der Waals surface area contributed by atoms with Gasteiger partial charge in [-0.1, -0.05) is 6.92 Å². The van der Waals surface area contributed by atoms with Crippen molar-refractivity contribution in [2.24, 2.45) is 0 Å². The molecule has 0 aliphatic rings. The van der Waals surface area contributed by atoms with Crippen molar-refractivity contribution in [2.45, 2.75) is 39.8 Å². The molecule has 0 saturated carbocycles. The van der Waals surface area contributed by atoms with E-state index < -0.39 is 0 Å². The van der Waals surface area contributed by atoms with Crippen LogP contribution < -0.4 is 10.1 Å². The van der Waals surface area contributed by atoms with Gasteiger partial charge in [0.1, 0.15) is 17.3 Å². The van der Waals surface area contributed by atoms with Crippen molar-refractivity contribution in [3.8, 4) is 5.75 Å². The minimum Gasteiger partial charge on any atom is -0.489 e. The number of nitrogens with zero attached hydrogens (tertiary/aromatic N) is 1. The normalized spacial score (nSPS) is 12.7. The molecule has 1 unspecified atom stereocenters. The molecule has 0 bridgehead atoms. The summed E-state index contributed by atoms with van der Waals surface area (Å²) in [4.78, 5) is 4.27. The molecule has 108 valence electrons. The highest BCUT2D eigenvalue weighted by Gasteiger charge is 2.17. The summed E-state index contributed by atoms with van der Waals surface area (Å²) in [7, 11) is 0. The summed E-state index contributed by atoms with van der Waals surface area (Å²) in [6.07, 6.45) is 3.72. The van der Waals surface area contributed by atoms with E-state index in [0.717, 1.165) is 29.4 Å². The number of aryl methyl sites for hydroxylation is 1. The lowest BCUT2D eigenvalue weighted by Gasteiger charge is -2.17. The zero-order valence-electron chi connectivity index (χ0n) is 12.5.